The number of β-amino-alcohol motifs (C(OH)–C–C–N with tert-alkyl or cyclic N) is 1. The molecule has 1 N–H and O–H groups in total. The highest BCUT2D eigenvalue weighted by Gasteiger charge is 2.22. The molecule has 1 fully saturated rings. The molecule has 2 heterocycles. The van der Waals surface area contributed by atoms with Gasteiger partial charge >= 0.3 is 0 Å². The topological polar surface area (TPSA) is 54.3 Å². The van der Waals surface area contributed by atoms with Gasteiger partial charge in [0.05, 0.1) is 13.2 Å². The number of benzene rings is 1. The smallest absolute Gasteiger partial charge is 0.161 e. The molecule has 1 atom stereocenters. The fourth-order valence-corrected chi connectivity index (χ4v) is 3.27. The number of ether oxygens (including phenoxy) is 2. The monoisotopic (exact) mass is 294 g/mol. The molecule has 0 radical (unpaired) electrons. The van der Waals surface area contributed by atoms with E-state index in [1.54, 1.807) is 11.8 Å². The van der Waals surface area contributed by atoms with Crippen molar-refractivity contribution in [3.63, 3.8) is 0 Å². The molecular weight excluding hydrogens is 276 g/mol. The Morgan fingerprint density at radius 2 is 2.20 bits per heavy atom. The fraction of sp³-hybridized carbons (Fsp3) is 0.500. The molecule has 2 aliphatic rings. The molecule has 5 nitrogen and oxygen atoms in total. The van der Waals surface area contributed by atoms with E-state index in [2.05, 4.69) is 9.89 Å². The number of nitrogens with zero attached hydrogens (tertiary/aromatic N) is 2. The van der Waals surface area contributed by atoms with E-state index in [1.165, 1.54) is 0 Å². The highest BCUT2D eigenvalue weighted by atomic mass is 32.2. The second kappa shape index (κ2) is 6.37. The zero-order valence-corrected chi connectivity index (χ0v) is 12.0. The van der Waals surface area contributed by atoms with Crippen molar-refractivity contribution in [1.29, 1.82) is 0 Å². The van der Waals surface area contributed by atoms with Gasteiger partial charge in [0.2, 0.25) is 0 Å². The van der Waals surface area contributed by atoms with E-state index in [0.29, 0.717) is 19.7 Å². The summed E-state index contributed by atoms with van der Waals surface area (Å²) in [5.41, 5.74) is 0. The van der Waals surface area contributed by atoms with Crippen LogP contribution in [0.2, 0.25) is 0 Å². The van der Waals surface area contributed by atoms with Crippen LogP contribution in [0.4, 0.5) is 0 Å². The van der Waals surface area contributed by atoms with Crippen LogP contribution in [0.25, 0.3) is 0 Å². The highest BCUT2D eigenvalue weighted by Crippen LogP contribution is 2.31. The Hall–Kier alpha value is -1.40. The Morgan fingerprint density at radius 1 is 1.35 bits per heavy atom. The number of aliphatic imine (C=N–C) groups is 1. The van der Waals surface area contributed by atoms with E-state index in [0.717, 1.165) is 29.0 Å². The summed E-state index contributed by atoms with van der Waals surface area (Å²) in [5, 5.41) is 10.0. The molecule has 3 rings (SSSR count). The van der Waals surface area contributed by atoms with Crippen molar-refractivity contribution in [2.75, 3.05) is 38.6 Å². The van der Waals surface area contributed by atoms with Gasteiger partial charge < -0.3 is 19.5 Å². The van der Waals surface area contributed by atoms with Crippen molar-refractivity contribution >= 4 is 16.9 Å². The third-order valence-corrected chi connectivity index (χ3v) is 4.26. The van der Waals surface area contributed by atoms with E-state index in [1.807, 2.05) is 24.3 Å². The Labute approximate surface area is 122 Å². The zero-order chi connectivity index (χ0) is 13.8. The van der Waals surface area contributed by atoms with Gasteiger partial charge in [-0.15, -0.1) is 0 Å². The van der Waals surface area contributed by atoms with Gasteiger partial charge in [0.15, 0.2) is 22.8 Å². The Bertz CT molecular complexity index is 495. The van der Waals surface area contributed by atoms with E-state index >= 15 is 0 Å². The van der Waals surface area contributed by atoms with Crippen LogP contribution in [0.5, 0.6) is 11.5 Å². The van der Waals surface area contributed by atoms with Gasteiger partial charge in [-0.05, 0) is 12.1 Å². The predicted octanol–water partition coefficient (Wildman–Crippen LogP) is 1.22. The lowest BCUT2D eigenvalue weighted by Crippen LogP contribution is -2.33. The lowest BCUT2D eigenvalue weighted by Gasteiger charge is -2.25. The van der Waals surface area contributed by atoms with Crippen LogP contribution in [0.3, 0.4) is 0 Å². The second-order valence-corrected chi connectivity index (χ2v) is 5.74. The maximum Gasteiger partial charge on any atom is 0.161 e. The number of rotatable bonds is 4. The van der Waals surface area contributed by atoms with Crippen LogP contribution in [0.1, 0.15) is 0 Å². The third kappa shape index (κ3) is 3.02. The summed E-state index contributed by atoms with van der Waals surface area (Å²) in [5.74, 6) is 2.62. The molecule has 2 aliphatic heterocycles. The summed E-state index contributed by atoms with van der Waals surface area (Å²) < 4.78 is 11.5. The van der Waals surface area contributed by atoms with Crippen molar-refractivity contribution < 1.29 is 14.6 Å². The molecule has 0 aromatic heterocycles. The molecule has 0 saturated carbocycles. The van der Waals surface area contributed by atoms with Crippen LogP contribution in [0.15, 0.2) is 29.3 Å². The summed E-state index contributed by atoms with van der Waals surface area (Å²) in [7, 11) is 0. The maximum absolute atomic E-state index is 9.02. The number of hydrogen-bond donors (Lipinski definition) is 1. The van der Waals surface area contributed by atoms with Crippen molar-refractivity contribution in [3.8, 4) is 11.5 Å². The Morgan fingerprint density at radius 3 is 3.05 bits per heavy atom. The minimum absolute atomic E-state index is 0.0467. The molecule has 0 amide bonds. The van der Waals surface area contributed by atoms with Gasteiger partial charge in [-0.25, -0.2) is 0 Å². The van der Waals surface area contributed by atoms with E-state index in [-0.39, 0.29) is 12.7 Å². The Balaban J connectivity index is 1.59. The van der Waals surface area contributed by atoms with Gasteiger partial charge in [0, 0.05) is 18.8 Å². The summed E-state index contributed by atoms with van der Waals surface area (Å²) >= 11 is 1.73. The van der Waals surface area contributed by atoms with Crippen LogP contribution >= 0.6 is 11.8 Å². The standard InChI is InChI=1S/C14H18N2O3S/c17-7-5-16-6-8-20-14(16)15-9-11-10-18-12-3-1-2-4-13(12)19-11/h1-4,11,17H,5-10H2. The average Bonchev–Trinajstić information content (AvgIpc) is 2.93. The van der Waals surface area contributed by atoms with Crippen molar-refractivity contribution in [2.45, 2.75) is 6.10 Å². The molecule has 108 valence electrons. The Kier molecular flexibility index (Phi) is 4.32. The maximum atomic E-state index is 9.02. The number of fused-ring (bicyclic) bond motifs is 1. The van der Waals surface area contributed by atoms with E-state index < -0.39 is 0 Å². The minimum Gasteiger partial charge on any atom is -0.486 e. The van der Waals surface area contributed by atoms with Crippen molar-refractivity contribution in [1.82, 2.24) is 4.90 Å². The van der Waals surface area contributed by atoms with Crippen molar-refractivity contribution in [3.05, 3.63) is 24.3 Å². The quantitative estimate of drug-likeness (QED) is 0.905. The fourth-order valence-electron chi connectivity index (χ4n) is 2.24. The summed E-state index contributed by atoms with van der Waals surface area (Å²) in [4.78, 5) is 6.72. The molecule has 1 unspecified atom stereocenters. The molecule has 0 aliphatic carbocycles. The molecule has 0 bridgehead atoms. The first-order valence-corrected chi connectivity index (χ1v) is 7.77. The number of amidine groups is 1. The zero-order valence-electron chi connectivity index (χ0n) is 11.2. The van der Waals surface area contributed by atoms with Gasteiger partial charge in [-0.1, -0.05) is 23.9 Å². The molecule has 0 spiro atoms. The minimum atomic E-state index is -0.0467. The van der Waals surface area contributed by atoms with Gasteiger partial charge in [-0.2, -0.15) is 0 Å². The first kappa shape index (κ1) is 13.6. The first-order valence-electron chi connectivity index (χ1n) is 6.78. The number of aliphatic hydroxyl groups excluding tert-OH is 1. The first-order chi connectivity index (χ1) is 9.86. The lowest BCUT2D eigenvalue weighted by atomic mass is 10.2. The van der Waals surface area contributed by atoms with Crippen LogP contribution in [-0.4, -0.2) is 59.9 Å². The normalized spacial score (nSPS) is 23.4. The van der Waals surface area contributed by atoms with Crippen LogP contribution in [0, 0.1) is 0 Å². The molecule has 6 heteroatoms. The largest absolute Gasteiger partial charge is 0.486 e. The lowest BCUT2D eigenvalue weighted by molar-refractivity contribution is 0.0971. The molecule has 1 aromatic carbocycles. The SMILES string of the molecule is OCCN1CCSC1=NCC1COc2ccccc2O1. The predicted molar refractivity (Wildman–Crippen MR) is 79.8 cm³/mol. The average molecular weight is 294 g/mol. The third-order valence-electron chi connectivity index (χ3n) is 3.23. The second-order valence-electron chi connectivity index (χ2n) is 4.68. The van der Waals surface area contributed by atoms with E-state index in [9.17, 15) is 0 Å². The van der Waals surface area contributed by atoms with E-state index in [4.69, 9.17) is 14.6 Å². The van der Waals surface area contributed by atoms with Gasteiger partial charge in [0.1, 0.15) is 6.61 Å². The highest BCUT2D eigenvalue weighted by molar-refractivity contribution is 8.14. The van der Waals surface area contributed by atoms with Gasteiger partial charge in [0.25, 0.3) is 0 Å². The summed E-state index contributed by atoms with van der Waals surface area (Å²) in [6.45, 7) is 2.87. The number of para-hydroxylation sites is 2. The van der Waals surface area contributed by atoms with Gasteiger partial charge in [-0.3, -0.25) is 4.99 Å². The number of hydrogen-bond acceptors (Lipinski definition) is 5. The van der Waals surface area contributed by atoms with Crippen LogP contribution in [-0.2, 0) is 0 Å². The van der Waals surface area contributed by atoms with Crippen LogP contribution < -0.4 is 9.47 Å². The molecule has 1 aromatic rings. The van der Waals surface area contributed by atoms with Crippen molar-refractivity contribution in [2.24, 2.45) is 4.99 Å². The molecular formula is C14H18N2O3S. The number of thioether (sulfide) groups is 1. The summed E-state index contributed by atoms with van der Waals surface area (Å²) in [6.07, 6.45) is -0.0467. The number of aliphatic hydroxyl groups is 1. The molecule has 1 saturated heterocycles. The molecule has 20 heavy (non-hydrogen) atoms. The summed E-state index contributed by atoms with van der Waals surface area (Å²) in [6, 6.07) is 7.70.